The molecule has 1 saturated heterocycles. The number of carbonyl (C=O) groups is 1. The summed E-state index contributed by atoms with van der Waals surface area (Å²) >= 11 is 0. The van der Waals surface area contributed by atoms with Gasteiger partial charge in [0.15, 0.2) is 5.79 Å². The number of rotatable bonds is 1. The van der Waals surface area contributed by atoms with Crippen molar-refractivity contribution in [2.45, 2.75) is 104 Å². The Kier molecular flexibility index (Phi) is 4.23. The molecule has 0 aromatic heterocycles. The molecule has 0 bridgehead atoms. The summed E-state index contributed by atoms with van der Waals surface area (Å²) in [6, 6.07) is 0. The minimum Gasteiger partial charge on any atom is -0.344 e. The minimum absolute atomic E-state index is 0.165. The second-order valence-corrected chi connectivity index (χ2v) is 12.1. The quantitative estimate of drug-likeness (QED) is 0.586. The van der Waals surface area contributed by atoms with Crippen molar-refractivity contribution in [3.63, 3.8) is 0 Å². The van der Waals surface area contributed by atoms with E-state index in [4.69, 9.17) is 9.47 Å². The first-order chi connectivity index (χ1) is 13.1. The van der Waals surface area contributed by atoms with Gasteiger partial charge in [0.2, 0.25) is 0 Å². The molecule has 0 amide bonds. The number of fused-ring (bicyclic) bond motifs is 8. The molecular formula is C25H40O3. The average Bonchev–Trinajstić information content (AvgIpc) is 3.12. The second kappa shape index (κ2) is 6.06. The third-order valence-electron chi connectivity index (χ3n) is 10.3. The highest BCUT2D eigenvalue weighted by molar-refractivity contribution is 5.79. The van der Waals surface area contributed by atoms with Crippen LogP contribution >= 0.6 is 0 Å². The van der Waals surface area contributed by atoms with E-state index in [0.717, 1.165) is 18.3 Å². The van der Waals surface area contributed by atoms with Crippen LogP contribution in [0.25, 0.3) is 0 Å². The van der Waals surface area contributed by atoms with Crippen LogP contribution in [0.2, 0.25) is 0 Å². The van der Waals surface area contributed by atoms with Crippen molar-refractivity contribution < 1.29 is 14.3 Å². The molecule has 158 valence electrons. The van der Waals surface area contributed by atoms with Crippen LogP contribution in [0.15, 0.2) is 0 Å². The van der Waals surface area contributed by atoms with Crippen LogP contribution in [0.5, 0.6) is 0 Å². The number of carbonyl (C=O) groups excluding carboxylic acids is 1. The Labute approximate surface area is 171 Å². The van der Waals surface area contributed by atoms with Crippen molar-refractivity contribution in [2.75, 3.05) is 0 Å². The van der Waals surface area contributed by atoms with Gasteiger partial charge in [0.05, 0.1) is 12.2 Å². The van der Waals surface area contributed by atoms with Gasteiger partial charge in [-0.25, -0.2) is 0 Å². The molecule has 0 spiro atoms. The highest BCUT2D eigenvalue weighted by atomic mass is 16.8. The fourth-order valence-corrected chi connectivity index (χ4v) is 9.05. The lowest BCUT2D eigenvalue weighted by Gasteiger charge is -2.63. The third-order valence-corrected chi connectivity index (χ3v) is 10.3. The van der Waals surface area contributed by atoms with Gasteiger partial charge in [-0.2, -0.15) is 0 Å². The molecule has 28 heavy (non-hydrogen) atoms. The Hall–Kier alpha value is -0.410. The van der Waals surface area contributed by atoms with Gasteiger partial charge in [0.25, 0.3) is 0 Å². The van der Waals surface area contributed by atoms with Gasteiger partial charge in [-0.15, -0.1) is 0 Å². The average molecular weight is 389 g/mol. The van der Waals surface area contributed by atoms with Gasteiger partial charge in [-0.1, -0.05) is 27.2 Å². The summed E-state index contributed by atoms with van der Waals surface area (Å²) in [4.78, 5) is 12.5. The fourth-order valence-electron chi connectivity index (χ4n) is 9.05. The van der Waals surface area contributed by atoms with E-state index in [2.05, 4.69) is 34.6 Å². The molecule has 4 aliphatic carbocycles. The Morgan fingerprint density at radius 3 is 2.18 bits per heavy atom. The van der Waals surface area contributed by atoms with Gasteiger partial charge in [-0.3, -0.25) is 4.79 Å². The molecule has 10 atom stereocenters. The summed E-state index contributed by atoms with van der Waals surface area (Å²) in [5, 5.41) is 0. The topological polar surface area (TPSA) is 35.5 Å². The van der Waals surface area contributed by atoms with Crippen LogP contribution < -0.4 is 0 Å². The molecule has 3 nitrogen and oxygen atoms in total. The number of ketones is 1. The lowest BCUT2D eigenvalue weighted by atomic mass is 9.43. The maximum atomic E-state index is 12.5. The van der Waals surface area contributed by atoms with E-state index < -0.39 is 5.79 Å². The minimum atomic E-state index is -0.474. The van der Waals surface area contributed by atoms with Crippen LogP contribution in [-0.4, -0.2) is 23.8 Å². The zero-order chi connectivity index (χ0) is 20.1. The van der Waals surface area contributed by atoms with E-state index in [0.29, 0.717) is 29.0 Å². The summed E-state index contributed by atoms with van der Waals surface area (Å²) in [7, 11) is 0. The van der Waals surface area contributed by atoms with Crippen LogP contribution in [0.4, 0.5) is 0 Å². The molecule has 1 aliphatic heterocycles. The van der Waals surface area contributed by atoms with Gasteiger partial charge < -0.3 is 9.47 Å². The van der Waals surface area contributed by atoms with Crippen molar-refractivity contribution in [2.24, 2.45) is 46.3 Å². The molecule has 1 heterocycles. The van der Waals surface area contributed by atoms with Crippen molar-refractivity contribution in [3.8, 4) is 0 Å². The highest BCUT2D eigenvalue weighted by Crippen LogP contribution is 2.69. The number of Topliss-reactive ketones (excluding diaryl/α,β-unsaturated/α-hetero) is 1. The molecule has 4 unspecified atom stereocenters. The molecule has 0 radical (unpaired) electrons. The zero-order valence-electron chi connectivity index (χ0n) is 18.8. The molecule has 0 aromatic carbocycles. The van der Waals surface area contributed by atoms with Crippen LogP contribution in [0, 0.1) is 46.3 Å². The monoisotopic (exact) mass is 388 g/mol. The maximum absolute atomic E-state index is 12.5. The summed E-state index contributed by atoms with van der Waals surface area (Å²) < 4.78 is 13.3. The molecule has 0 N–H and O–H groups in total. The standard InChI is InChI=1S/C25H40O3/c1-14-9-11-25(6)18-10-12-24(5)16(15(2)26)7-8-17(24)20(18)22-21(19(25)13-14)27-23(3,4)28-22/h14,16-22H,7-13H2,1-6H3/t14-,16+,17?,18?,19?,20?,21+,22+,24+,25+/m0/s1. The molecule has 4 saturated carbocycles. The predicted molar refractivity (Wildman–Crippen MR) is 110 cm³/mol. The van der Waals surface area contributed by atoms with Gasteiger partial charge in [-0.05, 0) is 99.7 Å². The largest absolute Gasteiger partial charge is 0.344 e. The van der Waals surface area contributed by atoms with Crippen molar-refractivity contribution >= 4 is 5.78 Å². The molecule has 0 aromatic rings. The van der Waals surface area contributed by atoms with E-state index >= 15 is 0 Å². The van der Waals surface area contributed by atoms with E-state index in [1.807, 2.05) is 6.92 Å². The lowest BCUT2D eigenvalue weighted by molar-refractivity contribution is -0.184. The number of hydrogen-bond donors (Lipinski definition) is 0. The Bertz CT molecular complexity index is 671. The summed E-state index contributed by atoms with van der Waals surface area (Å²) in [6.07, 6.45) is 9.23. The first kappa shape index (κ1) is 19.5. The van der Waals surface area contributed by atoms with Crippen LogP contribution in [0.3, 0.4) is 0 Å². The van der Waals surface area contributed by atoms with E-state index in [-0.39, 0.29) is 23.5 Å². The molecule has 5 rings (SSSR count). The lowest BCUT2D eigenvalue weighted by Crippen LogP contribution is -2.63. The van der Waals surface area contributed by atoms with Gasteiger partial charge in [0.1, 0.15) is 5.78 Å². The molecule has 5 aliphatic rings. The second-order valence-electron chi connectivity index (χ2n) is 12.1. The van der Waals surface area contributed by atoms with Crippen LogP contribution in [-0.2, 0) is 14.3 Å². The number of hydrogen-bond acceptors (Lipinski definition) is 3. The smallest absolute Gasteiger partial charge is 0.163 e. The van der Waals surface area contributed by atoms with Crippen molar-refractivity contribution in [1.29, 1.82) is 0 Å². The Morgan fingerprint density at radius 2 is 1.46 bits per heavy atom. The van der Waals surface area contributed by atoms with E-state index in [9.17, 15) is 4.79 Å². The van der Waals surface area contributed by atoms with Crippen LogP contribution in [0.1, 0.15) is 86.5 Å². The van der Waals surface area contributed by atoms with Gasteiger partial charge >= 0.3 is 0 Å². The fraction of sp³-hybridized carbons (Fsp3) is 0.960. The molecule has 3 heteroatoms. The predicted octanol–water partition coefficient (Wildman–Crippen LogP) is 5.61. The van der Waals surface area contributed by atoms with Crippen molar-refractivity contribution in [3.05, 3.63) is 0 Å². The highest BCUT2D eigenvalue weighted by Gasteiger charge is 2.68. The Balaban J connectivity index is 1.57. The van der Waals surface area contributed by atoms with E-state index in [1.54, 1.807) is 0 Å². The summed E-state index contributed by atoms with van der Waals surface area (Å²) in [5.41, 5.74) is 0.538. The summed E-state index contributed by atoms with van der Waals surface area (Å²) in [5.74, 6) is 3.51. The maximum Gasteiger partial charge on any atom is 0.163 e. The first-order valence-corrected chi connectivity index (χ1v) is 11.9. The normalized spacial score (nSPS) is 57.1. The molecule has 5 fully saturated rings. The summed E-state index contributed by atoms with van der Waals surface area (Å²) in [6.45, 7) is 13.5. The molecular weight excluding hydrogens is 348 g/mol. The zero-order valence-corrected chi connectivity index (χ0v) is 18.8. The first-order valence-electron chi connectivity index (χ1n) is 11.9. The third kappa shape index (κ3) is 2.51. The number of ether oxygens (including phenoxy) is 2. The van der Waals surface area contributed by atoms with Gasteiger partial charge in [0, 0.05) is 5.92 Å². The Morgan fingerprint density at radius 1 is 0.821 bits per heavy atom. The SMILES string of the molecule is CC(=O)[C@H]1CCC2C3C(CC[C@@]21C)[C@@]1(C)CC[C@H](C)CC1[C@H]1OC(C)(C)O[C@H]31. The van der Waals surface area contributed by atoms with E-state index in [1.165, 1.54) is 38.5 Å². The van der Waals surface area contributed by atoms with Crippen molar-refractivity contribution in [1.82, 2.24) is 0 Å².